The van der Waals surface area contributed by atoms with Crippen molar-refractivity contribution in [3.63, 3.8) is 0 Å². The van der Waals surface area contributed by atoms with Crippen molar-refractivity contribution in [2.24, 2.45) is 17.3 Å². The summed E-state index contributed by atoms with van der Waals surface area (Å²) in [7, 11) is 0. The summed E-state index contributed by atoms with van der Waals surface area (Å²) in [5.41, 5.74) is 1.99. The van der Waals surface area contributed by atoms with E-state index in [-0.39, 0.29) is 28.8 Å². The van der Waals surface area contributed by atoms with Crippen molar-refractivity contribution in [2.75, 3.05) is 0 Å². The zero-order valence-electron chi connectivity index (χ0n) is 13.0. The largest absolute Gasteiger partial charge is 0.508 e. The molecule has 1 aromatic rings. The Morgan fingerprint density at radius 2 is 2.00 bits per heavy atom. The second kappa shape index (κ2) is 4.84. The molecule has 1 saturated carbocycles. The van der Waals surface area contributed by atoms with Crippen LogP contribution in [0.1, 0.15) is 67.1 Å². The number of Topliss-reactive ketones (excluding diaryl/α,β-unsaturated/α-hetero) is 1. The van der Waals surface area contributed by atoms with E-state index in [9.17, 15) is 15.0 Å². The summed E-state index contributed by atoms with van der Waals surface area (Å²) >= 11 is 0. The number of rotatable bonds is 0. The minimum atomic E-state index is -0.650. The van der Waals surface area contributed by atoms with E-state index in [1.165, 1.54) is 0 Å². The molecule has 0 spiro atoms. The first-order chi connectivity index (χ1) is 9.81. The van der Waals surface area contributed by atoms with Crippen molar-refractivity contribution in [1.29, 1.82) is 0 Å². The molecule has 0 aromatic heterocycles. The van der Waals surface area contributed by atoms with Crippen LogP contribution in [-0.2, 0) is 0 Å². The van der Waals surface area contributed by atoms with Gasteiger partial charge in [-0.2, -0.15) is 0 Å². The van der Waals surface area contributed by atoms with E-state index in [0.717, 1.165) is 19.3 Å². The van der Waals surface area contributed by atoms with Crippen molar-refractivity contribution in [2.45, 2.75) is 52.6 Å². The monoisotopic (exact) mass is 288 g/mol. The van der Waals surface area contributed by atoms with Crippen molar-refractivity contribution >= 4 is 5.78 Å². The normalized spacial score (nSPS) is 31.2. The van der Waals surface area contributed by atoms with Crippen LogP contribution >= 0.6 is 0 Å². The van der Waals surface area contributed by atoms with Gasteiger partial charge in [0.25, 0.3) is 0 Å². The van der Waals surface area contributed by atoms with Crippen LogP contribution in [0.4, 0.5) is 0 Å². The van der Waals surface area contributed by atoms with E-state index in [1.807, 2.05) is 0 Å². The number of fused-ring (bicyclic) bond motifs is 2. The summed E-state index contributed by atoms with van der Waals surface area (Å²) in [4.78, 5) is 12.7. The molecule has 21 heavy (non-hydrogen) atoms. The van der Waals surface area contributed by atoms with E-state index in [2.05, 4.69) is 13.8 Å². The van der Waals surface area contributed by atoms with Crippen molar-refractivity contribution in [3.8, 4) is 5.75 Å². The number of phenols is 1. The maximum Gasteiger partial charge on any atom is 0.163 e. The van der Waals surface area contributed by atoms with Gasteiger partial charge in [0, 0.05) is 12.0 Å². The van der Waals surface area contributed by atoms with Crippen LogP contribution in [0.2, 0.25) is 0 Å². The molecule has 2 N–H and O–H groups in total. The molecule has 0 aliphatic heterocycles. The minimum Gasteiger partial charge on any atom is -0.508 e. The Morgan fingerprint density at radius 1 is 1.29 bits per heavy atom. The Bertz CT molecular complexity index is 588. The summed E-state index contributed by atoms with van der Waals surface area (Å²) in [6, 6.07) is 3.33. The SMILES string of the molecule is Cc1cc2c(cc1O)[C@@H](O)[C@@H]1CCCC(C)(C)[C@@H]1CC2=O. The quantitative estimate of drug-likeness (QED) is 0.764. The van der Waals surface area contributed by atoms with Gasteiger partial charge in [-0.25, -0.2) is 0 Å². The van der Waals surface area contributed by atoms with Crippen LogP contribution in [0.15, 0.2) is 12.1 Å². The topological polar surface area (TPSA) is 57.5 Å². The highest BCUT2D eigenvalue weighted by molar-refractivity contribution is 5.98. The highest BCUT2D eigenvalue weighted by Gasteiger charge is 2.46. The maximum atomic E-state index is 12.7. The molecule has 2 aliphatic carbocycles. The lowest BCUT2D eigenvalue weighted by Gasteiger charge is -2.44. The number of phenolic OH excluding ortho intramolecular Hbond substituents is 1. The first-order valence-electron chi connectivity index (χ1n) is 7.86. The molecule has 3 heteroatoms. The maximum absolute atomic E-state index is 12.7. The average molecular weight is 288 g/mol. The summed E-state index contributed by atoms with van der Waals surface area (Å²) < 4.78 is 0. The number of carbonyl (C=O) groups is 1. The first kappa shape index (κ1) is 14.6. The molecular weight excluding hydrogens is 264 g/mol. The van der Waals surface area contributed by atoms with Crippen LogP contribution < -0.4 is 0 Å². The van der Waals surface area contributed by atoms with Crippen LogP contribution in [0, 0.1) is 24.2 Å². The average Bonchev–Trinajstić information content (AvgIpc) is 2.51. The number of aryl methyl sites for hydroxylation is 1. The number of hydrogen-bond donors (Lipinski definition) is 2. The number of carbonyl (C=O) groups excluding carboxylic acids is 1. The molecule has 3 rings (SSSR count). The lowest BCUT2D eigenvalue weighted by molar-refractivity contribution is -0.0117. The molecule has 1 fully saturated rings. The molecule has 0 saturated heterocycles. The Labute approximate surface area is 126 Å². The van der Waals surface area contributed by atoms with Gasteiger partial charge in [0.05, 0.1) is 6.10 Å². The number of aromatic hydroxyl groups is 1. The predicted molar refractivity (Wildman–Crippen MR) is 81.4 cm³/mol. The standard InChI is InChI=1S/C18H24O3/c1-10-7-12-13(8-15(10)19)17(21)11-5-4-6-18(2,3)14(11)9-16(12)20/h7-8,11,14,17,19,21H,4-6,9H2,1-3H3/t11-,14-,17+/m1/s1. The molecular formula is C18H24O3. The van der Waals surface area contributed by atoms with E-state index < -0.39 is 6.10 Å². The van der Waals surface area contributed by atoms with Gasteiger partial charge in [-0.15, -0.1) is 0 Å². The lowest BCUT2D eigenvalue weighted by atomic mass is 9.61. The van der Waals surface area contributed by atoms with Gasteiger partial charge >= 0.3 is 0 Å². The molecule has 1 aromatic carbocycles. The third kappa shape index (κ3) is 2.28. The van der Waals surface area contributed by atoms with Gasteiger partial charge in [-0.1, -0.05) is 20.3 Å². The van der Waals surface area contributed by atoms with Gasteiger partial charge in [0.2, 0.25) is 0 Å². The van der Waals surface area contributed by atoms with Crippen molar-refractivity contribution < 1.29 is 15.0 Å². The molecule has 3 nitrogen and oxygen atoms in total. The van der Waals surface area contributed by atoms with Gasteiger partial charge in [-0.05, 0) is 60.3 Å². The van der Waals surface area contributed by atoms with Crippen LogP contribution in [0.25, 0.3) is 0 Å². The number of aliphatic hydroxyl groups is 1. The molecule has 0 radical (unpaired) electrons. The zero-order valence-corrected chi connectivity index (χ0v) is 13.0. The Kier molecular flexibility index (Phi) is 3.36. The fraction of sp³-hybridized carbons (Fsp3) is 0.611. The van der Waals surface area contributed by atoms with Gasteiger partial charge in [0.15, 0.2) is 5.78 Å². The third-order valence-corrected chi connectivity index (χ3v) is 5.68. The fourth-order valence-electron chi connectivity index (χ4n) is 4.30. The molecule has 0 amide bonds. The Balaban J connectivity index is 2.12. The van der Waals surface area contributed by atoms with Gasteiger partial charge in [-0.3, -0.25) is 4.79 Å². The van der Waals surface area contributed by atoms with Crippen LogP contribution in [0.3, 0.4) is 0 Å². The fourth-order valence-corrected chi connectivity index (χ4v) is 4.30. The highest BCUT2D eigenvalue weighted by Crippen LogP contribution is 2.52. The molecule has 0 bridgehead atoms. The summed E-state index contributed by atoms with van der Waals surface area (Å²) in [5, 5.41) is 20.8. The molecule has 2 aliphatic rings. The van der Waals surface area contributed by atoms with E-state index in [4.69, 9.17) is 0 Å². The summed E-state index contributed by atoms with van der Waals surface area (Å²) in [6.45, 7) is 6.21. The van der Waals surface area contributed by atoms with E-state index in [0.29, 0.717) is 23.1 Å². The molecule has 0 heterocycles. The number of aliphatic hydroxyl groups excluding tert-OH is 1. The second-order valence-electron chi connectivity index (χ2n) is 7.45. The summed E-state index contributed by atoms with van der Waals surface area (Å²) in [6.07, 6.45) is 3.01. The van der Waals surface area contributed by atoms with Crippen LogP contribution in [0.5, 0.6) is 5.75 Å². The van der Waals surface area contributed by atoms with E-state index in [1.54, 1.807) is 19.1 Å². The second-order valence-corrected chi connectivity index (χ2v) is 7.45. The zero-order chi connectivity index (χ0) is 15.4. The first-order valence-corrected chi connectivity index (χ1v) is 7.86. The third-order valence-electron chi connectivity index (χ3n) is 5.68. The number of ketones is 1. The van der Waals surface area contributed by atoms with E-state index >= 15 is 0 Å². The number of benzene rings is 1. The van der Waals surface area contributed by atoms with Crippen molar-refractivity contribution in [3.05, 3.63) is 28.8 Å². The highest BCUT2D eigenvalue weighted by atomic mass is 16.3. The Morgan fingerprint density at radius 3 is 2.71 bits per heavy atom. The molecule has 114 valence electrons. The number of hydrogen-bond acceptors (Lipinski definition) is 3. The predicted octanol–water partition coefficient (Wildman–Crippen LogP) is 3.76. The lowest BCUT2D eigenvalue weighted by Crippen LogP contribution is -2.37. The molecule has 3 atom stereocenters. The van der Waals surface area contributed by atoms with Gasteiger partial charge < -0.3 is 10.2 Å². The van der Waals surface area contributed by atoms with Gasteiger partial charge in [0.1, 0.15) is 5.75 Å². The Hall–Kier alpha value is -1.35. The molecule has 0 unspecified atom stereocenters. The summed E-state index contributed by atoms with van der Waals surface area (Å²) in [5.74, 6) is 0.591. The minimum absolute atomic E-state index is 0.0820. The smallest absolute Gasteiger partial charge is 0.163 e. The van der Waals surface area contributed by atoms with Crippen LogP contribution in [-0.4, -0.2) is 16.0 Å². The van der Waals surface area contributed by atoms with Crippen molar-refractivity contribution in [1.82, 2.24) is 0 Å².